The molecule has 0 bridgehead atoms. The molecular formula is C16H10O3S. The van der Waals surface area contributed by atoms with Gasteiger partial charge in [0.15, 0.2) is 6.29 Å². The molecule has 1 heterocycles. The molecule has 20 heavy (non-hydrogen) atoms. The lowest BCUT2D eigenvalue weighted by molar-refractivity contribution is 0.0697. The molecule has 0 aliphatic carbocycles. The monoisotopic (exact) mass is 282 g/mol. The van der Waals surface area contributed by atoms with Gasteiger partial charge in [-0.05, 0) is 28.3 Å². The van der Waals surface area contributed by atoms with Gasteiger partial charge >= 0.3 is 5.97 Å². The maximum atomic E-state index is 11.5. The minimum atomic E-state index is -0.990. The van der Waals surface area contributed by atoms with Crippen LogP contribution in [0.5, 0.6) is 0 Å². The van der Waals surface area contributed by atoms with Gasteiger partial charge in [-0.3, -0.25) is 4.79 Å². The van der Waals surface area contributed by atoms with Crippen LogP contribution in [0.15, 0.2) is 47.8 Å². The molecule has 98 valence electrons. The molecule has 1 aromatic heterocycles. The van der Waals surface area contributed by atoms with E-state index in [2.05, 4.69) is 0 Å². The van der Waals surface area contributed by atoms with Crippen LogP contribution in [0.2, 0.25) is 0 Å². The summed E-state index contributed by atoms with van der Waals surface area (Å²) in [4.78, 5) is 23.3. The predicted molar refractivity (Wildman–Crippen MR) is 79.6 cm³/mol. The number of carbonyl (C=O) groups is 2. The van der Waals surface area contributed by atoms with Crippen LogP contribution in [0.1, 0.15) is 20.7 Å². The summed E-state index contributed by atoms with van der Waals surface area (Å²) in [5.74, 6) is -0.990. The second kappa shape index (κ2) is 4.90. The van der Waals surface area contributed by atoms with Gasteiger partial charge < -0.3 is 5.11 Å². The highest BCUT2D eigenvalue weighted by Crippen LogP contribution is 2.37. The van der Waals surface area contributed by atoms with E-state index in [9.17, 15) is 14.7 Å². The first-order chi connectivity index (χ1) is 9.72. The number of rotatable bonds is 3. The summed E-state index contributed by atoms with van der Waals surface area (Å²) in [6.45, 7) is 0. The topological polar surface area (TPSA) is 54.4 Å². The summed E-state index contributed by atoms with van der Waals surface area (Å²) in [7, 11) is 0. The average molecular weight is 282 g/mol. The maximum absolute atomic E-state index is 11.5. The molecule has 3 nitrogen and oxygen atoms in total. The first-order valence-electron chi connectivity index (χ1n) is 6.00. The molecule has 0 fully saturated rings. The molecule has 0 aliphatic rings. The predicted octanol–water partition coefficient (Wildman–Crippen LogP) is 4.08. The van der Waals surface area contributed by atoms with Crippen molar-refractivity contribution in [1.82, 2.24) is 0 Å². The average Bonchev–Trinajstić information content (AvgIpc) is 2.93. The van der Waals surface area contributed by atoms with E-state index in [-0.39, 0.29) is 5.56 Å². The minimum Gasteiger partial charge on any atom is -0.478 e. The van der Waals surface area contributed by atoms with Gasteiger partial charge in [0, 0.05) is 16.0 Å². The van der Waals surface area contributed by atoms with Gasteiger partial charge in [-0.25, -0.2) is 4.79 Å². The van der Waals surface area contributed by atoms with Gasteiger partial charge in [0.1, 0.15) is 0 Å². The summed E-state index contributed by atoms with van der Waals surface area (Å²) in [6.07, 6.45) is 0.763. The molecule has 0 radical (unpaired) electrons. The molecule has 0 unspecified atom stereocenters. The van der Waals surface area contributed by atoms with E-state index >= 15 is 0 Å². The summed E-state index contributed by atoms with van der Waals surface area (Å²) in [5, 5.41) is 13.0. The second-order valence-corrected chi connectivity index (χ2v) is 5.25. The van der Waals surface area contributed by atoms with E-state index < -0.39 is 5.97 Å². The van der Waals surface area contributed by atoms with Crippen molar-refractivity contribution in [3.8, 4) is 10.4 Å². The Balaban J connectivity index is 2.45. The normalized spacial score (nSPS) is 10.6. The number of hydrogen-bond donors (Lipinski definition) is 1. The van der Waals surface area contributed by atoms with Crippen molar-refractivity contribution >= 4 is 34.4 Å². The lowest BCUT2D eigenvalue weighted by atomic mass is 9.96. The number of fused-ring (bicyclic) bond motifs is 1. The van der Waals surface area contributed by atoms with Crippen LogP contribution >= 0.6 is 11.3 Å². The Kier molecular flexibility index (Phi) is 3.08. The highest BCUT2D eigenvalue weighted by atomic mass is 32.1. The number of carbonyl (C=O) groups excluding carboxylic acids is 1. The second-order valence-electron chi connectivity index (χ2n) is 4.34. The van der Waals surface area contributed by atoms with Crippen molar-refractivity contribution in [2.45, 2.75) is 0 Å². The lowest BCUT2D eigenvalue weighted by Gasteiger charge is -2.09. The van der Waals surface area contributed by atoms with E-state index in [0.717, 1.165) is 17.1 Å². The highest BCUT2D eigenvalue weighted by Gasteiger charge is 2.18. The van der Waals surface area contributed by atoms with Crippen molar-refractivity contribution in [2.24, 2.45) is 0 Å². The molecule has 4 heteroatoms. The van der Waals surface area contributed by atoms with Crippen LogP contribution in [-0.4, -0.2) is 17.4 Å². The van der Waals surface area contributed by atoms with Crippen LogP contribution in [0.3, 0.4) is 0 Å². The molecule has 0 saturated heterocycles. The van der Waals surface area contributed by atoms with Crippen LogP contribution < -0.4 is 0 Å². The smallest absolute Gasteiger partial charge is 0.336 e. The molecule has 0 saturated carbocycles. The van der Waals surface area contributed by atoms with E-state index in [1.807, 2.05) is 24.3 Å². The first-order valence-corrected chi connectivity index (χ1v) is 6.88. The largest absolute Gasteiger partial charge is 0.478 e. The number of carboxylic acids is 1. The number of hydrogen-bond acceptors (Lipinski definition) is 3. The quantitative estimate of drug-likeness (QED) is 0.736. The highest BCUT2D eigenvalue weighted by molar-refractivity contribution is 7.14. The Labute approximate surface area is 119 Å². The van der Waals surface area contributed by atoms with Gasteiger partial charge in [-0.1, -0.05) is 30.3 Å². The Morgan fingerprint density at radius 3 is 2.65 bits per heavy atom. The van der Waals surface area contributed by atoms with Crippen LogP contribution in [0, 0.1) is 0 Å². The summed E-state index contributed by atoms with van der Waals surface area (Å²) < 4.78 is 0. The van der Waals surface area contributed by atoms with Gasteiger partial charge in [0.2, 0.25) is 0 Å². The zero-order valence-electron chi connectivity index (χ0n) is 10.4. The van der Waals surface area contributed by atoms with Gasteiger partial charge in [-0.2, -0.15) is 0 Å². The third-order valence-corrected chi connectivity index (χ3v) is 4.16. The van der Waals surface area contributed by atoms with Crippen LogP contribution in [-0.2, 0) is 0 Å². The van der Waals surface area contributed by atoms with E-state index in [1.165, 1.54) is 11.3 Å². The molecule has 0 aliphatic heterocycles. The van der Waals surface area contributed by atoms with E-state index in [4.69, 9.17) is 0 Å². The Bertz CT molecular complexity index is 817. The molecule has 0 spiro atoms. The van der Waals surface area contributed by atoms with Crippen molar-refractivity contribution in [2.75, 3.05) is 0 Å². The van der Waals surface area contributed by atoms with Crippen molar-refractivity contribution in [3.63, 3.8) is 0 Å². The van der Waals surface area contributed by atoms with Crippen molar-refractivity contribution in [1.29, 1.82) is 0 Å². The van der Waals surface area contributed by atoms with Crippen molar-refractivity contribution < 1.29 is 14.7 Å². The fourth-order valence-electron chi connectivity index (χ4n) is 2.31. The third kappa shape index (κ3) is 1.90. The fraction of sp³-hybridized carbons (Fsp3) is 0. The summed E-state index contributed by atoms with van der Waals surface area (Å²) in [5.41, 5.74) is 1.36. The van der Waals surface area contributed by atoms with Gasteiger partial charge in [-0.15, -0.1) is 11.3 Å². The summed E-state index contributed by atoms with van der Waals surface area (Å²) in [6, 6.07) is 12.7. The number of carboxylic acid groups (broad SMARTS) is 1. The van der Waals surface area contributed by atoms with E-state index in [1.54, 1.807) is 23.6 Å². The van der Waals surface area contributed by atoms with E-state index in [0.29, 0.717) is 16.0 Å². The molecule has 3 aromatic rings. The Hall–Kier alpha value is -2.46. The number of aromatic carboxylic acids is 1. The lowest BCUT2D eigenvalue weighted by Crippen LogP contribution is -2.00. The molecule has 2 aromatic carbocycles. The number of benzene rings is 2. The first kappa shape index (κ1) is 12.6. The van der Waals surface area contributed by atoms with Gasteiger partial charge in [0.05, 0.1) is 5.56 Å². The Morgan fingerprint density at radius 1 is 1.10 bits per heavy atom. The molecule has 3 rings (SSSR count). The SMILES string of the molecule is O=Cc1ccsc1-c1c(C(=O)O)ccc2ccccc12. The zero-order chi connectivity index (χ0) is 14.1. The third-order valence-electron chi connectivity index (χ3n) is 3.21. The number of aldehydes is 1. The molecule has 0 atom stereocenters. The maximum Gasteiger partial charge on any atom is 0.336 e. The molecule has 0 amide bonds. The molecular weight excluding hydrogens is 272 g/mol. The van der Waals surface area contributed by atoms with Crippen LogP contribution in [0.4, 0.5) is 0 Å². The van der Waals surface area contributed by atoms with Gasteiger partial charge in [0.25, 0.3) is 0 Å². The summed E-state index contributed by atoms with van der Waals surface area (Å²) >= 11 is 1.38. The fourth-order valence-corrected chi connectivity index (χ4v) is 3.25. The Morgan fingerprint density at radius 2 is 1.90 bits per heavy atom. The minimum absolute atomic E-state index is 0.217. The standard InChI is InChI=1S/C16H10O3S/c17-9-11-7-8-20-15(11)14-12-4-2-1-3-10(12)5-6-13(14)16(18)19/h1-9H,(H,18,19). The molecule has 1 N–H and O–H groups in total. The van der Waals surface area contributed by atoms with Crippen LogP contribution in [0.25, 0.3) is 21.2 Å². The number of thiophene rings is 1. The van der Waals surface area contributed by atoms with Crippen molar-refractivity contribution in [3.05, 3.63) is 59.0 Å². The zero-order valence-corrected chi connectivity index (χ0v) is 11.2.